The topological polar surface area (TPSA) is 49.2 Å². The second kappa shape index (κ2) is 7.49. The molecule has 0 radical (unpaired) electrons. The first-order valence-corrected chi connectivity index (χ1v) is 11.5. The van der Waals surface area contributed by atoms with Gasteiger partial charge in [0.2, 0.25) is 0 Å². The Morgan fingerprint density at radius 3 is 2.58 bits per heavy atom. The molecule has 162 valence electrons. The molecule has 0 unspecified atom stereocenters. The average molecular weight is 416 g/mol. The van der Waals surface area contributed by atoms with Gasteiger partial charge in [-0.05, 0) is 80.3 Å². The summed E-state index contributed by atoms with van der Waals surface area (Å²) in [6.07, 6.45) is 4.92. The van der Waals surface area contributed by atoms with Gasteiger partial charge in [-0.3, -0.25) is 0 Å². The number of rotatable bonds is 5. The highest BCUT2D eigenvalue weighted by Gasteiger charge is 2.28. The smallest absolute Gasteiger partial charge is 0.158 e. The van der Waals surface area contributed by atoms with Gasteiger partial charge in [0.25, 0.3) is 0 Å². The number of pyridine rings is 1. The van der Waals surface area contributed by atoms with Crippen molar-refractivity contribution in [3.05, 3.63) is 53.0 Å². The van der Waals surface area contributed by atoms with Crippen LogP contribution < -0.4 is 0 Å². The van der Waals surface area contributed by atoms with E-state index in [0.29, 0.717) is 12.0 Å². The van der Waals surface area contributed by atoms with Crippen LogP contribution in [0.25, 0.3) is 27.8 Å². The maximum Gasteiger partial charge on any atom is 0.158 e. The molecule has 5 nitrogen and oxygen atoms in total. The van der Waals surface area contributed by atoms with Crippen molar-refractivity contribution in [1.82, 2.24) is 24.5 Å². The maximum atomic E-state index is 4.42. The van der Waals surface area contributed by atoms with E-state index in [1.54, 1.807) is 6.33 Å². The van der Waals surface area contributed by atoms with Crippen molar-refractivity contribution >= 4 is 16.6 Å². The number of hydrogen-bond acceptors (Lipinski definition) is 3. The first kappa shape index (κ1) is 20.3. The van der Waals surface area contributed by atoms with Gasteiger partial charge in [-0.25, -0.2) is 9.50 Å². The third-order valence-electron chi connectivity index (χ3n) is 7.12. The summed E-state index contributed by atoms with van der Waals surface area (Å²) in [6, 6.07) is 7.67. The minimum absolute atomic E-state index is 0.422. The zero-order chi connectivity index (χ0) is 21.9. The molecule has 0 atom stereocenters. The van der Waals surface area contributed by atoms with E-state index in [9.17, 15) is 0 Å². The first-order valence-electron chi connectivity index (χ1n) is 11.5. The minimum Gasteiger partial charge on any atom is -0.354 e. The van der Waals surface area contributed by atoms with Crippen molar-refractivity contribution in [2.75, 3.05) is 13.1 Å². The molecule has 1 aliphatic heterocycles. The molecule has 1 aliphatic rings. The lowest BCUT2D eigenvalue weighted by Gasteiger charge is -2.42. The lowest BCUT2D eigenvalue weighted by Crippen LogP contribution is -2.50. The van der Waals surface area contributed by atoms with Gasteiger partial charge in [0.05, 0.1) is 5.69 Å². The molecule has 0 bridgehead atoms. The fourth-order valence-electron chi connectivity index (χ4n) is 5.15. The van der Waals surface area contributed by atoms with E-state index >= 15 is 0 Å². The summed E-state index contributed by atoms with van der Waals surface area (Å²) in [4.78, 5) is 10.7. The van der Waals surface area contributed by atoms with Crippen molar-refractivity contribution in [2.45, 2.75) is 59.9 Å². The zero-order valence-electron chi connectivity index (χ0n) is 19.5. The van der Waals surface area contributed by atoms with Crippen LogP contribution in [0.15, 0.2) is 30.7 Å². The number of likely N-dealkylation sites (tertiary alicyclic amines) is 1. The number of fused-ring (bicyclic) bond motifs is 2. The van der Waals surface area contributed by atoms with Crippen molar-refractivity contribution in [3.63, 3.8) is 0 Å². The van der Waals surface area contributed by atoms with Gasteiger partial charge in [0.15, 0.2) is 5.65 Å². The van der Waals surface area contributed by atoms with Crippen LogP contribution in [0.3, 0.4) is 0 Å². The van der Waals surface area contributed by atoms with Gasteiger partial charge < -0.3 is 9.88 Å². The molecule has 3 aromatic heterocycles. The quantitative estimate of drug-likeness (QED) is 0.468. The normalized spacial score (nSPS) is 15.6. The highest BCUT2D eigenvalue weighted by molar-refractivity contribution is 5.92. The van der Waals surface area contributed by atoms with Crippen molar-refractivity contribution in [3.8, 4) is 11.3 Å². The van der Waals surface area contributed by atoms with E-state index in [2.05, 4.69) is 85.9 Å². The number of aromatic amines is 1. The van der Waals surface area contributed by atoms with E-state index < -0.39 is 0 Å². The molecule has 1 saturated heterocycles. The summed E-state index contributed by atoms with van der Waals surface area (Å²) in [5.41, 5.74) is 9.88. The van der Waals surface area contributed by atoms with Gasteiger partial charge in [0.1, 0.15) is 6.33 Å². The molecule has 0 amide bonds. The summed E-state index contributed by atoms with van der Waals surface area (Å²) in [6.45, 7) is 15.9. The minimum atomic E-state index is 0.422. The Bertz CT molecular complexity index is 1250. The molecule has 0 saturated carbocycles. The van der Waals surface area contributed by atoms with Crippen molar-refractivity contribution in [2.24, 2.45) is 5.92 Å². The van der Waals surface area contributed by atoms with Crippen molar-refractivity contribution in [1.29, 1.82) is 0 Å². The monoisotopic (exact) mass is 415 g/mol. The third-order valence-corrected chi connectivity index (χ3v) is 7.12. The molecule has 1 aromatic carbocycles. The van der Waals surface area contributed by atoms with E-state index in [0.717, 1.165) is 11.6 Å². The van der Waals surface area contributed by atoms with E-state index in [1.807, 2.05) is 4.52 Å². The molecule has 4 aromatic rings. The molecular weight excluding hydrogens is 382 g/mol. The molecule has 5 heteroatoms. The van der Waals surface area contributed by atoms with Crippen LogP contribution in [0, 0.1) is 19.8 Å². The third kappa shape index (κ3) is 3.35. The van der Waals surface area contributed by atoms with Crippen LogP contribution >= 0.6 is 0 Å². The average Bonchev–Trinajstić information content (AvgIpc) is 3.30. The molecule has 4 heterocycles. The van der Waals surface area contributed by atoms with Crippen LogP contribution in [0.1, 0.15) is 55.9 Å². The number of aryl methyl sites for hydroxylation is 1. The second-order valence-corrected chi connectivity index (χ2v) is 9.89. The van der Waals surface area contributed by atoms with Crippen LogP contribution in [-0.2, 0) is 6.42 Å². The van der Waals surface area contributed by atoms with E-state index in [-0.39, 0.29) is 0 Å². The first-order chi connectivity index (χ1) is 14.8. The highest BCUT2D eigenvalue weighted by Crippen LogP contribution is 2.38. The summed E-state index contributed by atoms with van der Waals surface area (Å²) in [5, 5.41) is 5.76. The predicted octanol–water partition coefficient (Wildman–Crippen LogP) is 5.50. The number of H-pyrrole nitrogens is 1. The zero-order valence-corrected chi connectivity index (χ0v) is 19.5. The van der Waals surface area contributed by atoms with E-state index in [4.69, 9.17) is 0 Å². The summed E-state index contributed by atoms with van der Waals surface area (Å²) in [5.74, 6) is 1.20. The molecule has 0 aliphatic carbocycles. The Balaban J connectivity index is 1.57. The van der Waals surface area contributed by atoms with Gasteiger partial charge in [0, 0.05) is 41.8 Å². The van der Waals surface area contributed by atoms with Crippen LogP contribution in [0.5, 0.6) is 0 Å². The molecule has 5 rings (SSSR count). The maximum absolute atomic E-state index is 4.42. The number of hydrogen-bond donors (Lipinski definition) is 1. The highest BCUT2D eigenvalue weighted by atomic mass is 15.3. The summed E-state index contributed by atoms with van der Waals surface area (Å²) >= 11 is 0. The molecule has 31 heavy (non-hydrogen) atoms. The fourth-order valence-corrected chi connectivity index (χ4v) is 5.15. The number of benzene rings is 1. The second-order valence-electron chi connectivity index (χ2n) is 9.89. The lowest BCUT2D eigenvalue weighted by molar-refractivity contribution is 0.0681. The SMILES string of the molecule is Cc1c(-c2[nH]c3ccc(CC4CN(C(C)C)C4)cc3c2C(C)C)cn2ncnc2c1C. The Kier molecular flexibility index (Phi) is 4.89. The van der Waals surface area contributed by atoms with Gasteiger partial charge >= 0.3 is 0 Å². The Labute approximate surface area is 184 Å². The summed E-state index contributed by atoms with van der Waals surface area (Å²) in [7, 11) is 0. The molecular formula is C26H33N5. The fraction of sp³-hybridized carbons (Fsp3) is 0.462. The predicted molar refractivity (Wildman–Crippen MR) is 128 cm³/mol. The Morgan fingerprint density at radius 2 is 1.87 bits per heavy atom. The van der Waals surface area contributed by atoms with Crippen LogP contribution in [-0.4, -0.2) is 43.6 Å². The standard InChI is InChI=1S/C26H33N5/c1-15(2)24-21-10-19(9-20-11-30(12-20)16(3)4)7-8-23(21)29-25(24)22-13-31-26(27-14-28-31)18(6)17(22)5/h7-8,10,13-16,20,29H,9,11-12H2,1-6H3. The molecule has 1 N–H and O–H groups in total. The van der Waals surface area contributed by atoms with Crippen molar-refractivity contribution < 1.29 is 0 Å². The van der Waals surface area contributed by atoms with Gasteiger partial charge in [-0.1, -0.05) is 19.9 Å². The number of nitrogens with zero attached hydrogens (tertiary/aromatic N) is 4. The van der Waals surface area contributed by atoms with Gasteiger partial charge in [-0.2, -0.15) is 5.10 Å². The molecule has 0 spiro atoms. The summed E-state index contributed by atoms with van der Waals surface area (Å²) < 4.78 is 1.90. The lowest BCUT2D eigenvalue weighted by atomic mass is 9.89. The number of aromatic nitrogens is 4. The Morgan fingerprint density at radius 1 is 1.10 bits per heavy atom. The number of nitrogens with one attached hydrogen (secondary N) is 1. The largest absolute Gasteiger partial charge is 0.354 e. The Hall–Kier alpha value is -2.66. The van der Waals surface area contributed by atoms with Crippen LogP contribution in [0.2, 0.25) is 0 Å². The van der Waals surface area contributed by atoms with Crippen LogP contribution in [0.4, 0.5) is 0 Å². The van der Waals surface area contributed by atoms with E-state index in [1.165, 1.54) is 63.9 Å². The molecule has 1 fully saturated rings. The van der Waals surface area contributed by atoms with Gasteiger partial charge in [-0.15, -0.1) is 0 Å².